The van der Waals surface area contributed by atoms with Gasteiger partial charge in [0.15, 0.2) is 5.16 Å². The molecule has 2 N–H and O–H groups in total. The molecule has 1 aromatic carbocycles. The molecule has 0 aliphatic carbocycles. The minimum absolute atomic E-state index is 0.0425. The third kappa shape index (κ3) is 2.84. The van der Waals surface area contributed by atoms with Crippen LogP contribution in [0, 0.1) is 11.3 Å². The average Bonchev–Trinajstić information content (AvgIpc) is 2.45. The number of hydrogen-bond acceptors (Lipinski definition) is 5. The molecular formula is C13H8BrN3O3S. The molecule has 0 saturated carbocycles. The van der Waals surface area contributed by atoms with E-state index in [0.29, 0.717) is 9.63 Å². The molecule has 0 unspecified atom stereocenters. The van der Waals surface area contributed by atoms with Gasteiger partial charge in [-0.15, -0.1) is 0 Å². The monoisotopic (exact) mass is 365 g/mol. The van der Waals surface area contributed by atoms with Crippen LogP contribution in [0.25, 0.3) is 11.3 Å². The van der Waals surface area contributed by atoms with Gasteiger partial charge in [0.2, 0.25) is 0 Å². The molecule has 2 rings (SSSR count). The van der Waals surface area contributed by atoms with E-state index in [-0.39, 0.29) is 22.4 Å². The Morgan fingerprint density at radius 2 is 2.24 bits per heavy atom. The number of aromatic amines is 1. The first-order valence-corrected chi connectivity index (χ1v) is 7.62. The van der Waals surface area contributed by atoms with Crippen LogP contribution in [0.4, 0.5) is 0 Å². The molecule has 0 fully saturated rings. The predicted octanol–water partition coefficient (Wildman–Crippen LogP) is 2.49. The van der Waals surface area contributed by atoms with Gasteiger partial charge in [0.05, 0.1) is 11.3 Å². The SMILES string of the molecule is CSc1nc(-c2cccc(Br)c2C(=O)O)c(C#N)c(=O)[nH]1. The molecule has 0 aliphatic rings. The molecule has 106 valence electrons. The van der Waals surface area contributed by atoms with Crippen LogP contribution in [0.15, 0.2) is 32.6 Å². The maximum Gasteiger partial charge on any atom is 0.337 e. The number of aromatic carboxylic acids is 1. The number of halogens is 1. The molecule has 2 aromatic rings. The quantitative estimate of drug-likeness (QED) is 0.639. The van der Waals surface area contributed by atoms with Crippen molar-refractivity contribution < 1.29 is 9.90 Å². The molecule has 0 spiro atoms. The van der Waals surface area contributed by atoms with E-state index in [1.807, 2.05) is 0 Å². The summed E-state index contributed by atoms with van der Waals surface area (Å²) in [5.41, 5.74) is -0.574. The highest BCUT2D eigenvalue weighted by atomic mass is 79.9. The van der Waals surface area contributed by atoms with Crippen molar-refractivity contribution in [3.8, 4) is 17.3 Å². The number of rotatable bonds is 3. The summed E-state index contributed by atoms with van der Waals surface area (Å²) < 4.78 is 0.351. The van der Waals surface area contributed by atoms with Crippen LogP contribution in [0.3, 0.4) is 0 Å². The molecule has 0 amide bonds. The summed E-state index contributed by atoms with van der Waals surface area (Å²) in [7, 11) is 0. The zero-order valence-electron chi connectivity index (χ0n) is 10.7. The second-order valence-corrected chi connectivity index (χ2v) is 5.53. The Labute approximate surface area is 132 Å². The lowest BCUT2D eigenvalue weighted by Crippen LogP contribution is -2.15. The predicted molar refractivity (Wildman–Crippen MR) is 81.4 cm³/mol. The second kappa shape index (κ2) is 6.11. The number of carboxylic acid groups (broad SMARTS) is 1. The largest absolute Gasteiger partial charge is 0.478 e. The Bertz CT molecular complexity index is 826. The third-order valence-corrected chi connectivity index (χ3v) is 3.93. The molecule has 0 aliphatic heterocycles. The van der Waals surface area contributed by atoms with E-state index < -0.39 is 11.5 Å². The average molecular weight is 366 g/mol. The van der Waals surface area contributed by atoms with E-state index >= 15 is 0 Å². The third-order valence-electron chi connectivity index (χ3n) is 2.69. The van der Waals surface area contributed by atoms with E-state index in [2.05, 4.69) is 25.9 Å². The van der Waals surface area contributed by atoms with Gasteiger partial charge in [-0.3, -0.25) is 4.79 Å². The van der Waals surface area contributed by atoms with Crippen LogP contribution in [0.2, 0.25) is 0 Å². The highest BCUT2D eigenvalue weighted by Gasteiger charge is 2.21. The van der Waals surface area contributed by atoms with Crippen LogP contribution in [-0.4, -0.2) is 27.3 Å². The van der Waals surface area contributed by atoms with Crippen molar-refractivity contribution in [1.82, 2.24) is 9.97 Å². The Balaban J connectivity index is 2.88. The highest BCUT2D eigenvalue weighted by Crippen LogP contribution is 2.30. The number of hydrogen-bond donors (Lipinski definition) is 2. The fourth-order valence-electron chi connectivity index (χ4n) is 1.79. The van der Waals surface area contributed by atoms with E-state index in [1.165, 1.54) is 17.8 Å². The summed E-state index contributed by atoms with van der Waals surface area (Å²) in [5.74, 6) is -1.17. The molecule has 0 atom stereocenters. The Kier molecular flexibility index (Phi) is 4.45. The number of thioether (sulfide) groups is 1. The van der Waals surface area contributed by atoms with E-state index in [1.54, 1.807) is 24.5 Å². The van der Waals surface area contributed by atoms with Gasteiger partial charge in [-0.2, -0.15) is 5.26 Å². The van der Waals surface area contributed by atoms with Gasteiger partial charge in [-0.05, 0) is 28.3 Å². The minimum Gasteiger partial charge on any atom is -0.478 e. The standard InChI is InChI=1S/C13H8BrN3O3S/c1-21-13-16-10(7(5-15)11(18)17-13)6-3-2-4-8(14)9(6)12(19)20/h2-4H,1H3,(H,19,20)(H,16,17,18). The summed E-state index contributed by atoms with van der Waals surface area (Å²) in [5, 5.41) is 18.8. The first-order chi connectivity index (χ1) is 9.99. The fourth-order valence-corrected chi connectivity index (χ4v) is 2.70. The summed E-state index contributed by atoms with van der Waals surface area (Å²) in [6, 6.07) is 6.48. The molecule has 0 bridgehead atoms. The molecular weight excluding hydrogens is 358 g/mol. The zero-order chi connectivity index (χ0) is 15.6. The number of carbonyl (C=O) groups is 1. The number of nitrogens with one attached hydrogen (secondary N) is 1. The topological polar surface area (TPSA) is 107 Å². The van der Waals surface area contributed by atoms with Crippen LogP contribution >= 0.6 is 27.7 Å². The second-order valence-electron chi connectivity index (χ2n) is 3.88. The number of H-pyrrole nitrogens is 1. The minimum atomic E-state index is -1.17. The van der Waals surface area contributed by atoms with Crippen molar-refractivity contribution in [2.75, 3.05) is 6.26 Å². The molecule has 8 heteroatoms. The summed E-state index contributed by atoms with van der Waals surface area (Å²) in [4.78, 5) is 30.0. The lowest BCUT2D eigenvalue weighted by molar-refractivity contribution is 0.0696. The van der Waals surface area contributed by atoms with Gasteiger partial charge in [0, 0.05) is 10.0 Å². The van der Waals surface area contributed by atoms with E-state index in [0.717, 1.165) is 0 Å². The Morgan fingerprint density at radius 3 is 2.81 bits per heavy atom. The number of carboxylic acids is 1. The zero-order valence-corrected chi connectivity index (χ0v) is 13.1. The van der Waals surface area contributed by atoms with Gasteiger partial charge in [-0.25, -0.2) is 9.78 Å². The molecule has 1 heterocycles. The Hall–Kier alpha value is -2.11. The van der Waals surface area contributed by atoms with Gasteiger partial charge in [0.25, 0.3) is 5.56 Å². The first-order valence-electron chi connectivity index (χ1n) is 5.60. The van der Waals surface area contributed by atoms with Gasteiger partial charge in [0.1, 0.15) is 11.6 Å². The normalized spacial score (nSPS) is 10.1. The van der Waals surface area contributed by atoms with E-state index in [4.69, 9.17) is 5.26 Å². The van der Waals surface area contributed by atoms with Crippen molar-refractivity contribution in [2.24, 2.45) is 0 Å². The number of benzene rings is 1. The fraction of sp³-hybridized carbons (Fsp3) is 0.0769. The highest BCUT2D eigenvalue weighted by molar-refractivity contribution is 9.10. The van der Waals surface area contributed by atoms with Crippen LogP contribution in [0.5, 0.6) is 0 Å². The van der Waals surface area contributed by atoms with Crippen LogP contribution in [-0.2, 0) is 0 Å². The van der Waals surface area contributed by atoms with Gasteiger partial charge in [-0.1, -0.05) is 23.9 Å². The van der Waals surface area contributed by atoms with Crippen molar-refractivity contribution in [3.05, 3.63) is 44.2 Å². The summed E-state index contributed by atoms with van der Waals surface area (Å²) >= 11 is 4.36. The molecule has 0 saturated heterocycles. The first kappa shape index (κ1) is 15.3. The Morgan fingerprint density at radius 1 is 1.52 bits per heavy atom. The molecule has 21 heavy (non-hydrogen) atoms. The summed E-state index contributed by atoms with van der Waals surface area (Å²) in [6.07, 6.45) is 1.72. The van der Waals surface area contributed by atoms with Crippen molar-refractivity contribution in [2.45, 2.75) is 5.16 Å². The van der Waals surface area contributed by atoms with Crippen LogP contribution in [0.1, 0.15) is 15.9 Å². The lowest BCUT2D eigenvalue weighted by Gasteiger charge is -2.09. The van der Waals surface area contributed by atoms with Crippen molar-refractivity contribution in [1.29, 1.82) is 5.26 Å². The van der Waals surface area contributed by atoms with Gasteiger partial charge < -0.3 is 10.1 Å². The van der Waals surface area contributed by atoms with Crippen molar-refractivity contribution >= 4 is 33.7 Å². The van der Waals surface area contributed by atoms with Gasteiger partial charge >= 0.3 is 5.97 Å². The molecule has 0 radical (unpaired) electrons. The van der Waals surface area contributed by atoms with Crippen LogP contribution < -0.4 is 5.56 Å². The number of nitrogens with zero attached hydrogens (tertiary/aromatic N) is 2. The molecule has 6 nitrogen and oxygen atoms in total. The summed E-state index contributed by atoms with van der Waals surface area (Å²) in [6.45, 7) is 0. The smallest absolute Gasteiger partial charge is 0.337 e. The maximum absolute atomic E-state index is 11.9. The van der Waals surface area contributed by atoms with E-state index in [9.17, 15) is 14.7 Å². The van der Waals surface area contributed by atoms with Crippen molar-refractivity contribution in [3.63, 3.8) is 0 Å². The maximum atomic E-state index is 11.9. The molecule has 1 aromatic heterocycles. The lowest BCUT2D eigenvalue weighted by atomic mass is 10.0. The number of nitriles is 1. The number of aromatic nitrogens is 2.